The molecular formula is C28H18ClN3O5S. The largest absolute Gasteiger partial charge is 0.444 e. The zero-order valence-corrected chi connectivity index (χ0v) is 21.1. The minimum Gasteiger partial charge on any atom is -0.444 e. The maximum absolute atomic E-state index is 13.5. The van der Waals surface area contributed by atoms with Gasteiger partial charge in [0.05, 0.1) is 20.7 Å². The van der Waals surface area contributed by atoms with E-state index in [1.165, 1.54) is 23.5 Å². The number of nitro groups is 1. The molecule has 0 saturated heterocycles. The summed E-state index contributed by atoms with van der Waals surface area (Å²) >= 11 is 7.33. The molecule has 0 saturated carbocycles. The van der Waals surface area contributed by atoms with Gasteiger partial charge in [-0.15, -0.1) is 11.3 Å². The number of esters is 1. The van der Waals surface area contributed by atoms with Crippen LogP contribution >= 0.6 is 22.9 Å². The van der Waals surface area contributed by atoms with E-state index in [9.17, 15) is 19.7 Å². The predicted octanol–water partition coefficient (Wildman–Crippen LogP) is 7.06. The molecule has 1 heterocycles. The van der Waals surface area contributed by atoms with Crippen molar-refractivity contribution in [2.24, 2.45) is 0 Å². The van der Waals surface area contributed by atoms with Crippen LogP contribution in [-0.4, -0.2) is 21.8 Å². The highest BCUT2D eigenvalue weighted by Gasteiger charge is 2.28. The van der Waals surface area contributed by atoms with Gasteiger partial charge in [0.1, 0.15) is 10.0 Å². The molecular weight excluding hydrogens is 526 g/mol. The first-order valence-corrected chi connectivity index (χ1v) is 12.6. The molecule has 10 heteroatoms. The van der Waals surface area contributed by atoms with Crippen LogP contribution in [0.4, 0.5) is 11.4 Å². The highest BCUT2D eigenvalue weighted by atomic mass is 35.5. The molecule has 0 aliphatic heterocycles. The third-order valence-electron chi connectivity index (χ3n) is 5.65. The number of para-hydroxylation sites is 1. The van der Waals surface area contributed by atoms with Gasteiger partial charge in [-0.1, -0.05) is 72.3 Å². The summed E-state index contributed by atoms with van der Waals surface area (Å²) in [6, 6.07) is 27.0. The number of benzene rings is 4. The van der Waals surface area contributed by atoms with Crippen LogP contribution < -0.4 is 5.32 Å². The number of ether oxygens (including phenoxy) is 1. The van der Waals surface area contributed by atoms with E-state index in [1.54, 1.807) is 54.6 Å². The molecule has 0 aliphatic carbocycles. The minimum atomic E-state index is -1.33. The summed E-state index contributed by atoms with van der Waals surface area (Å²) in [5.74, 6) is -1.40. The first-order valence-electron chi connectivity index (χ1n) is 11.4. The van der Waals surface area contributed by atoms with E-state index in [-0.39, 0.29) is 22.0 Å². The molecule has 5 aromatic rings. The lowest BCUT2D eigenvalue weighted by Crippen LogP contribution is -2.26. The molecule has 5 rings (SSSR count). The average Bonchev–Trinajstić information content (AvgIpc) is 3.37. The second-order valence-corrected chi connectivity index (χ2v) is 9.58. The highest BCUT2D eigenvalue weighted by molar-refractivity contribution is 7.21. The summed E-state index contributed by atoms with van der Waals surface area (Å²) in [4.78, 5) is 42.0. The number of fused-ring (bicyclic) bond motifs is 1. The number of hydrogen-bond acceptors (Lipinski definition) is 7. The monoisotopic (exact) mass is 543 g/mol. The van der Waals surface area contributed by atoms with Crippen molar-refractivity contribution in [3.8, 4) is 10.6 Å². The maximum atomic E-state index is 13.5. The van der Waals surface area contributed by atoms with E-state index >= 15 is 0 Å². The lowest BCUT2D eigenvalue weighted by Gasteiger charge is -2.19. The van der Waals surface area contributed by atoms with Crippen LogP contribution in [0.15, 0.2) is 97.1 Å². The van der Waals surface area contributed by atoms with E-state index in [1.807, 2.05) is 24.3 Å². The number of hydrogen-bond donors (Lipinski definition) is 1. The molecule has 1 N–H and O–H groups in total. The van der Waals surface area contributed by atoms with Crippen LogP contribution in [0, 0.1) is 10.1 Å². The number of amides is 1. The summed E-state index contributed by atoms with van der Waals surface area (Å²) in [5, 5.41) is 14.4. The number of nitrogens with zero attached hydrogens (tertiary/aromatic N) is 2. The third-order valence-corrected chi connectivity index (χ3v) is 7.04. The van der Waals surface area contributed by atoms with Gasteiger partial charge in [-0.05, 0) is 30.3 Å². The van der Waals surface area contributed by atoms with Crippen molar-refractivity contribution in [1.82, 2.24) is 4.98 Å². The molecule has 1 amide bonds. The zero-order valence-electron chi connectivity index (χ0n) is 19.5. The molecule has 0 spiro atoms. The van der Waals surface area contributed by atoms with E-state index in [0.29, 0.717) is 16.1 Å². The standard InChI is InChI=1S/C28H18ClN3O5S/c29-21-15-14-18(16-23(21)32(35)36)30-26(33)25(17-8-2-1-3-9-17)37-28(34)20-11-5-4-10-19(20)27-31-22-12-6-7-13-24(22)38-27/h1-16,25H,(H,30,33). The Kier molecular flexibility index (Phi) is 7.12. The van der Waals surface area contributed by atoms with Crippen molar-refractivity contribution in [2.75, 3.05) is 5.32 Å². The average molecular weight is 544 g/mol. The fourth-order valence-electron chi connectivity index (χ4n) is 3.84. The van der Waals surface area contributed by atoms with E-state index in [4.69, 9.17) is 16.3 Å². The number of anilines is 1. The normalized spacial score (nSPS) is 11.6. The van der Waals surface area contributed by atoms with Gasteiger partial charge in [0, 0.05) is 22.9 Å². The summed E-state index contributed by atoms with van der Waals surface area (Å²) in [5.41, 5.74) is 1.86. The highest BCUT2D eigenvalue weighted by Crippen LogP contribution is 2.33. The van der Waals surface area contributed by atoms with Gasteiger partial charge in [0.15, 0.2) is 0 Å². The third kappa shape index (κ3) is 5.24. The fraction of sp³-hybridized carbons (Fsp3) is 0.0357. The Balaban J connectivity index is 1.46. The molecule has 0 fully saturated rings. The van der Waals surface area contributed by atoms with Crippen molar-refractivity contribution >= 4 is 56.4 Å². The lowest BCUT2D eigenvalue weighted by molar-refractivity contribution is -0.384. The number of halogens is 1. The Morgan fingerprint density at radius 2 is 1.66 bits per heavy atom. The van der Waals surface area contributed by atoms with Crippen molar-refractivity contribution in [3.05, 3.63) is 123 Å². The van der Waals surface area contributed by atoms with Gasteiger partial charge in [-0.3, -0.25) is 14.9 Å². The smallest absolute Gasteiger partial charge is 0.339 e. The van der Waals surface area contributed by atoms with E-state index in [0.717, 1.165) is 16.3 Å². The first kappa shape index (κ1) is 25.1. The number of nitro benzene ring substituents is 1. The summed E-state index contributed by atoms with van der Waals surface area (Å²) < 4.78 is 6.74. The number of nitrogens with one attached hydrogen (secondary N) is 1. The molecule has 38 heavy (non-hydrogen) atoms. The lowest BCUT2D eigenvalue weighted by atomic mass is 10.1. The summed E-state index contributed by atoms with van der Waals surface area (Å²) in [7, 11) is 0. The Morgan fingerprint density at radius 1 is 0.947 bits per heavy atom. The van der Waals surface area contributed by atoms with Gasteiger partial charge in [-0.2, -0.15) is 0 Å². The molecule has 1 aromatic heterocycles. The van der Waals surface area contributed by atoms with Crippen LogP contribution in [0.3, 0.4) is 0 Å². The molecule has 0 aliphatic rings. The summed E-state index contributed by atoms with van der Waals surface area (Å²) in [6.45, 7) is 0. The molecule has 1 atom stereocenters. The first-order chi connectivity index (χ1) is 18.4. The second kappa shape index (κ2) is 10.8. The SMILES string of the molecule is O=C(OC(C(=O)Nc1ccc(Cl)c([N+](=O)[O-])c1)c1ccccc1)c1ccccc1-c1nc2ccccc2s1. The van der Waals surface area contributed by atoms with E-state index in [2.05, 4.69) is 10.3 Å². The summed E-state index contributed by atoms with van der Waals surface area (Å²) in [6.07, 6.45) is -1.33. The fourth-order valence-corrected chi connectivity index (χ4v) is 5.04. The topological polar surface area (TPSA) is 111 Å². The minimum absolute atomic E-state index is 0.0644. The maximum Gasteiger partial charge on any atom is 0.339 e. The van der Waals surface area contributed by atoms with Gasteiger partial charge in [0.25, 0.3) is 11.6 Å². The molecule has 4 aromatic carbocycles. The number of rotatable bonds is 7. The Bertz CT molecular complexity index is 1640. The van der Waals surface area contributed by atoms with Crippen LogP contribution in [-0.2, 0) is 9.53 Å². The van der Waals surface area contributed by atoms with Gasteiger partial charge in [-0.25, -0.2) is 9.78 Å². The zero-order chi connectivity index (χ0) is 26.6. The number of aromatic nitrogens is 1. The quantitative estimate of drug-likeness (QED) is 0.133. The van der Waals surface area contributed by atoms with Gasteiger partial charge in [0.2, 0.25) is 6.10 Å². The molecule has 1 unspecified atom stereocenters. The molecule has 0 bridgehead atoms. The van der Waals surface area contributed by atoms with Gasteiger partial charge >= 0.3 is 5.97 Å². The van der Waals surface area contributed by atoms with Crippen molar-refractivity contribution < 1.29 is 19.2 Å². The number of carbonyl (C=O) groups is 2. The second-order valence-electron chi connectivity index (χ2n) is 8.14. The van der Waals surface area contributed by atoms with Crippen molar-refractivity contribution in [2.45, 2.75) is 6.10 Å². The van der Waals surface area contributed by atoms with Gasteiger partial charge < -0.3 is 10.1 Å². The number of carbonyl (C=O) groups excluding carboxylic acids is 2. The Labute approximate surface area is 225 Å². The molecule has 188 valence electrons. The number of thiazole rings is 1. The molecule has 8 nitrogen and oxygen atoms in total. The van der Waals surface area contributed by atoms with E-state index < -0.39 is 22.9 Å². The van der Waals surface area contributed by atoms with Crippen molar-refractivity contribution in [3.63, 3.8) is 0 Å². The van der Waals surface area contributed by atoms with Crippen molar-refractivity contribution in [1.29, 1.82) is 0 Å². The predicted molar refractivity (Wildman–Crippen MR) is 146 cm³/mol. The van der Waals surface area contributed by atoms with Crippen LogP contribution in [0.2, 0.25) is 5.02 Å². The van der Waals surface area contributed by atoms with Crippen LogP contribution in [0.5, 0.6) is 0 Å². The Morgan fingerprint density at radius 3 is 2.42 bits per heavy atom. The van der Waals surface area contributed by atoms with Crippen LogP contribution in [0.1, 0.15) is 22.0 Å². The molecule has 0 radical (unpaired) electrons. The Hall–Kier alpha value is -4.60. The van der Waals surface area contributed by atoms with Crippen LogP contribution in [0.25, 0.3) is 20.8 Å².